The highest BCUT2D eigenvalue weighted by Gasteiger charge is 2.45. The first-order valence-corrected chi connectivity index (χ1v) is 12.1. The van der Waals surface area contributed by atoms with Crippen molar-refractivity contribution < 1.29 is 19.1 Å². The zero-order chi connectivity index (χ0) is 23.0. The molecule has 3 aromatic heterocycles. The second-order valence-electron chi connectivity index (χ2n) is 7.62. The average molecular weight is 481 g/mol. The van der Waals surface area contributed by atoms with Gasteiger partial charge < -0.3 is 15.4 Å². The van der Waals surface area contributed by atoms with Crippen molar-refractivity contribution in [3.63, 3.8) is 0 Å². The van der Waals surface area contributed by atoms with Gasteiger partial charge in [0.1, 0.15) is 4.83 Å². The second-order valence-corrected chi connectivity index (χ2v) is 9.60. The van der Waals surface area contributed by atoms with Gasteiger partial charge in [-0.25, -0.2) is 4.79 Å². The highest BCUT2D eigenvalue weighted by molar-refractivity contribution is 7.20. The molecule has 2 amide bonds. The molecule has 0 bridgehead atoms. The summed E-state index contributed by atoms with van der Waals surface area (Å²) in [7, 11) is 0. The van der Waals surface area contributed by atoms with Gasteiger partial charge >= 0.3 is 6.09 Å². The van der Waals surface area contributed by atoms with Gasteiger partial charge in [0.25, 0.3) is 11.8 Å². The summed E-state index contributed by atoms with van der Waals surface area (Å²) in [6.45, 7) is 1.87. The molecule has 5 rings (SSSR count). The molecule has 2 N–H and O–H groups in total. The summed E-state index contributed by atoms with van der Waals surface area (Å²) in [6.07, 6.45) is 1.06. The van der Waals surface area contributed by atoms with E-state index in [-0.39, 0.29) is 29.8 Å². The van der Waals surface area contributed by atoms with Crippen molar-refractivity contribution >= 4 is 56.6 Å². The molecule has 1 aliphatic carbocycles. The molecule has 1 aromatic carbocycles. The first kappa shape index (κ1) is 21.4. The minimum absolute atomic E-state index is 0.176. The van der Waals surface area contributed by atoms with E-state index in [0.29, 0.717) is 20.0 Å². The van der Waals surface area contributed by atoms with E-state index in [0.717, 1.165) is 34.4 Å². The summed E-state index contributed by atoms with van der Waals surface area (Å²) in [5.74, 6) is -0.363. The number of fused-ring (bicyclic) bond motifs is 1. The SMILES string of the molecule is CCOC(=O)n1nc(NC(=O)c2cccs2)c2cc(C(=O)NC3(c4ccccc4)CC3)sc21. The fourth-order valence-corrected chi connectivity index (χ4v) is 5.26. The van der Waals surface area contributed by atoms with Crippen molar-refractivity contribution in [2.24, 2.45) is 0 Å². The van der Waals surface area contributed by atoms with Gasteiger partial charge in [-0.1, -0.05) is 36.4 Å². The lowest BCUT2D eigenvalue weighted by atomic mass is 10.1. The van der Waals surface area contributed by atoms with Crippen molar-refractivity contribution in [3.8, 4) is 0 Å². The van der Waals surface area contributed by atoms with Gasteiger partial charge in [0.2, 0.25) is 0 Å². The number of nitrogens with zero attached hydrogens (tertiary/aromatic N) is 2. The Morgan fingerprint density at radius 1 is 1.09 bits per heavy atom. The van der Waals surface area contributed by atoms with Gasteiger partial charge in [-0.2, -0.15) is 4.68 Å². The molecule has 0 unspecified atom stereocenters. The summed E-state index contributed by atoms with van der Waals surface area (Å²) in [4.78, 5) is 39.5. The van der Waals surface area contributed by atoms with Crippen LogP contribution in [0, 0.1) is 0 Å². The number of thiophene rings is 2. The fraction of sp³-hybridized carbons (Fsp3) is 0.217. The quantitative estimate of drug-likeness (QED) is 0.411. The Kier molecular flexibility index (Phi) is 5.47. The van der Waals surface area contributed by atoms with Crippen LogP contribution in [0.2, 0.25) is 0 Å². The molecule has 1 fully saturated rings. The number of nitrogens with one attached hydrogen (secondary N) is 2. The van der Waals surface area contributed by atoms with E-state index < -0.39 is 6.09 Å². The highest BCUT2D eigenvalue weighted by Crippen LogP contribution is 2.46. The smallest absolute Gasteiger partial charge is 0.436 e. The summed E-state index contributed by atoms with van der Waals surface area (Å²) in [6, 6.07) is 15.0. The second kappa shape index (κ2) is 8.45. The molecule has 0 spiro atoms. The third-order valence-corrected chi connectivity index (χ3v) is 7.41. The Balaban J connectivity index is 1.47. The first-order valence-electron chi connectivity index (χ1n) is 10.4. The molecule has 3 heterocycles. The minimum Gasteiger partial charge on any atom is -0.448 e. The fourth-order valence-electron chi connectivity index (χ4n) is 3.64. The molecular formula is C23H20N4O4S2. The lowest BCUT2D eigenvalue weighted by Crippen LogP contribution is -2.34. The number of carbonyl (C=O) groups excluding carboxylic acids is 3. The first-order chi connectivity index (χ1) is 16.0. The Morgan fingerprint density at radius 3 is 2.55 bits per heavy atom. The molecule has 8 nitrogen and oxygen atoms in total. The lowest BCUT2D eigenvalue weighted by Gasteiger charge is -2.17. The predicted molar refractivity (Wildman–Crippen MR) is 127 cm³/mol. The number of benzene rings is 1. The topological polar surface area (TPSA) is 102 Å². The summed E-state index contributed by atoms with van der Waals surface area (Å²) in [5, 5.41) is 12.5. The standard InChI is InChI=1S/C23H20N4O4S2/c1-2-31-22(30)27-21-15(18(26-27)24-19(28)16-9-6-12-32-16)13-17(33-21)20(29)25-23(10-11-23)14-7-4-3-5-8-14/h3-9,12-13H,2,10-11H2,1H3,(H,25,29)(H,24,26,28). The number of aromatic nitrogens is 2. The van der Waals surface area contributed by atoms with Crippen LogP contribution in [-0.2, 0) is 10.3 Å². The van der Waals surface area contributed by atoms with Gasteiger partial charge in [-0.05, 0) is 42.8 Å². The Labute approximate surface area is 197 Å². The van der Waals surface area contributed by atoms with Gasteiger partial charge in [0.15, 0.2) is 5.82 Å². The molecule has 0 radical (unpaired) electrons. The third kappa shape index (κ3) is 4.03. The molecule has 1 aliphatic rings. The summed E-state index contributed by atoms with van der Waals surface area (Å²) in [5.41, 5.74) is 0.707. The van der Waals surface area contributed by atoms with Crippen molar-refractivity contribution in [3.05, 3.63) is 69.2 Å². The van der Waals surface area contributed by atoms with Crippen molar-refractivity contribution in [1.82, 2.24) is 15.1 Å². The summed E-state index contributed by atoms with van der Waals surface area (Å²) < 4.78 is 6.19. The van der Waals surface area contributed by atoms with Crippen LogP contribution in [0.25, 0.3) is 10.2 Å². The molecule has 0 aliphatic heterocycles. The van der Waals surface area contributed by atoms with E-state index in [1.165, 1.54) is 11.3 Å². The van der Waals surface area contributed by atoms with Crippen LogP contribution in [0.1, 0.15) is 44.7 Å². The summed E-state index contributed by atoms with van der Waals surface area (Å²) >= 11 is 2.43. The van der Waals surface area contributed by atoms with E-state index in [4.69, 9.17) is 4.74 Å². The molecule has 33 heavy (non-hydrogen) atoms. The van der Waals surface area contributed by atoms with Gasteiger partial charge in [-0.15, -0.1) is 27.8 Å². The zero-order valence-electron chi connectivity index (χ0n) is 17.7. The molecule has 1 saturated carbocycles. The number of amides is 2. The number of hydrogen-bond donors (Lipinski definition) is 2. The third-order valence-electron chi connectivity index (χ3n) is 5.43. The maximum absolute atomic E-state index is 13.1. The maximum atomic E-state index is 13.1. The number of anilines is 1. The zero-order valence-corrected chi connectivity index (χ0v) is 19.3. The monoisotopic (exact) mass is 480 g/mol. The van der Waals surface area contributed by atoms with Crippen LogP contribution in [0.4, 0.5) is 10.6 Å². The Bertz CT molecular complexity index is 1340. The van der Waals surface area contributed by atoms with Gasteiger partial charge in [0, 0.05) is 0 Å². The normalized spacial score (nSPS) is 14.1. The number of ether oxygens (including phenoxy) is 1. The molecule has 4 aromatic rings. The van der Waals surface area contributed by atoms with E-state index >= 15 is 0 Å². The predicted octanol–water partition coefficient (Wildman–Crippen LogP) is 4.84. The Morgan fingerprint density at radius 2 is 1.88 bits per heavy atom. The van der Waals surface area contributed by atoms with Crippen LogP contribution >= 0.6 is 22.7 Å². The van der Waals surface area contributed by atoms with E-state index in [9.17, 15) is 14.4 Å². The van der Waals surface area contributed by atoms with Crippen molar-refractivity contribution in [2.45, 2.75) is 25.3 Å². The largest absolute Gasteiger partial charge is 0.448 e. The van der Waals surface area contributed by atoms with Crippen LogP contribution in [0.3, 0.4) is 0 Å². The van der Waals surface area contributed by atoms with Crippen LogP contribution in [0.5, 0.6) is 0 Å². The molecule has 10 heteroatoms. The van der Waals surface area contributed by atoms with E-state index in [1.807, 2.05) is 30.3 Å². The molecular weight excluding hydrogens is 460 g/mol. The highest BCUT2D eigenvalue weighted by atomic mass is 32.1. The van der Waals surface area contributed by atoms with E-state index in [2.05, 4.69) is 15.7 Å². The lowest BCUT2D eigenvalue weighted by molar-refractivity contribution is 0.0934. The van der Waals surface area contributed by atoms with Gasteiger partial charge in [-0.3, -0.25) is 9.59 Å². The number of rotatable bonds is 6. The molecule has 0 atom stereocenters. The average Bonchev–Trinajstić information content (AvgIpc) is 3.18. The minimum atomic E-state index is -0.670. The number of hydrogen-bond acceptors (Lipinski definition) is 7. The van der Waals surface area contributed by atoms with Crippen molar-refractivity contribution in [2.75, 3.05) is 11.9 Å². The molecule has 168 valence electrons. The Hall–Kier alpha value is -3.50. The molecule has 0 saturated heterocycles. The van der Waals surface area contributed by atoms with Crippen LogP contribution in [-0.4, -0.2) is 34.3 Å². The number of carbonyl (C=O) groups is 3. The van der Waals surface area contributed by atoms with Crippen LogP contribution in [0.15, 0.2) is 53.9 Å². The van der Waals surface area contributed by atoms with Gasteiger partial charge in [0.05, 0.1) is 27.3 Å². The van der Waals surface area contributed by atoms with Crippen LogP contribution < -0.4 is 10.6 Å². The van der Waals surface area contributed by atoms with Crippen molar-refractivity contribution in [1.29, 1.82) is 0 Å². The maximum Gasteiger partial charge on any atom is 0.436 e. The van der Waals surface area contributed by atoms with E-state index in [1.54, 1.807) is 30.5 Å².